The topological polar surface area (TPSA) is 119 Å². The molecule has 0 radical (unpaired) electrons. The van der Waals surface area contributed by atoms with Crippen molar-refractivity contribution in [1.82, 2.24) is 4.98 Å². The van der Waals surface area contributed by atoms with E-state index in [0.29, 0.717) is 39.9 Å². The molecule has 4 aromatic rings. The number of amides is 1. The monoisotopic (exact) mass is 518 g/mol. The molecule has 9 nitrogen and oxygen atoms in total. The molecule has 1 N–H and O–H groups in total. The minimum atomic E-state index is -1.01. The van der Waals surface area contributed by atoms with Gasteiger partial charge in [0.15, 0.2) is 16.7 Å². The van der Waals surface area contributed by atoms with Crippen LogP contribution >= 0.6 is 11.3 Å². The highest BCUT2D eigenvalue weighted by atomic mass is 32.1. The van der Waals surface area contributed by atoms with Crippen LogP contribution in [-0.4, -0.2) is 41.5 Å². The zero-order valence-electron chi connectivity index (χ0n) is 20.2. The number of methoxy groups -OCH3 is 1. The Morgan fingerprint density at radius 1 is 1.14 bits per heavy atom. The van der Waals surface area contributed by atoms with Gasteiger partial charge in [-0.15, -0.1) is 0 Å². The summed E-state index contributed by atoms with van der Waals surface area (Å²) < 4.78 is 16.6. The van der Waals surface area contributed by atoms with Crippen LogP contribution < -0.4 is 9.64 Å². The molecule has 10 heteroatoms. The van der Waals surface area contributed by atoms with Gasteiger partial charge in [-0.3, -0.25) is 14.5 Å². The number of Topliss-reactive ketones (excluding diaryl/α,β-unsaturated/α-hetero) is 1. The largest absolute Gasteiger partial charge is 0.503 e. The summed E-state index contributed by atoms with van der Waals surface area (Å²) in [4.78, 5) is 44.7. The minimum Gasteiger partial charge on any atom is -0.503 e. The molecule has 2 aromatic carbocycles. The van der Waals surface area contributed by atoms with Crippen LogP contribution in [0.2, 0.25) is 0 Å². The predicted molar refractivity (Wildman–Crippen MR) is 136 cm³/mol. The Kier molecular flexibility index (Phi) is 6.26. The van der Waals surface area contributed by atoms with Gasteiger partial charge in [-0.2, -0.15) is 0 Å². The fourth-order valence-electron chi connectivity index (χ4n) is 4.21. The summed E-state index contributed by atoms with van der Waals surface area (Å²) in [6.07, 6.45) is 0. The van der Waals surface area contributed by atoms with Gasteiger partial charge in [-0.1, -0.05) is 23.5 Å². The molecule has 1 aliphatic heterocycles. The maximum absolute atomic E-state index is 13.5. The van der Waals surface area contributed by atoms with Crippen molar-refractivity contribution in [3.05, 3.63) is 88.6 Å². The zero-order chi connectivity index (χ0) is 26.3. The number of nitrogens with zero attached hydrogens (tertiary/aromatic N) is 2. The number of esters is 1. The van der Waals surface area contributed by atoms with E-state index in [0.717, 1.165) is 4.70 Å². The predicted octanol–water partition coefficient (Wildman–Crippen LogP) is 5.17. The number of aryl methyl sites for hydroxylation is 1. The Morgan fingerprint density at radius 3 is 2.54 bits per heavy atom. The number of aliphatic hydroxyl groups excluding tert-OH is 1. The summed E-state index contributed by atoms with van der Waals surface area (Å²) in [7, 11) is 1.28. The smallest absolute Gasteiger partial charge is 0.337 e. The molecule has 188 valence electrons. The first-order valence-electron chi connectivity index (χ1n) is 11.4. The first kappa shape index (κ1) is 24.3. The molecule has 0 aliphatic carbocycles. The van der Waals surface area contributed by atoms with Gasteiger partial charge in [-0.05, 0) is 61.9 Å². The number of rotatable bonds is 7. The number of hydrogen-bond acceptors (Lipinski definition) is 9. The summed E-state index contributed by atoms with van der Waals surface area (Å²) >= 11 is 1.23. The van der Waals surface area contributed by atoms with Crippen molar-refractivity contribution < 1.29 is 33.4 Å². The standard InChI is InChI=1S/C27H22N2O7S/c1-4-35-17-10-11-18-20(13-17)37-27(28-18)29-22(15-6-8-16(9-7-15)26(33)34-3)21(24(31)25(29)32)23(30)19-12-5-14(2)36-19/h5-13,22,31H,4H2,1-3H3/t22-/m1/s1. The Labute approximate surface area is 215 Å². The van der Waals surface area contributed by atoms with Crippen molar-refractivity contribution in [3.63, 3.8) is 0 Å². The van der Waals surface area contributed by atoms with Crippen LogP contribution in [0.15, 0.2) is 70.3 Å². The molecule has 2 aromatic heterocycles. The highest BCUT2D eigenvalue weighted by Crippen LogP contribution is 2.44. The van der Waals surface area contributed by atoms with Crippen LogP contribution in [0.25, 0.3) is 10.2 Å². The Bertz CT molecular complexity index is 1570. The number of ether oxygens (including phenoxy) is 2. The molecule has 3 heterocycles. The molecule has 0 saturated carbocycles. The number of carbonyl (C=O) groups is 3. The molecule has 0 spiro atoms. The molecule has 0 bridgehead atoms. The summed E-state index contributed by atoms with van der Waals surface area (Å²) in [5.41, 5.74) is 1.29. The third kappa shape index (κ3) is 4.25. The number of anilines is 1. The van der Waals surface area contributed by atoms with E-state index in [2.05, 4.69) is 4.98 Å². The van der Waals surface area contributed by atoms with Gasteiger partial charge in [0.05, 0.1) is 41.1 Å². The molecule has 1 amide bonds. The van der Waals surface area contributed by atoms with Crippen LogP contribution in [0.4, 0.5) is 5.13 Å². The summed E-state index contributed by atoms with van der Waals surface area (Å²) in [5, 5.41) is 11.2. The van der Waals surface area contributed by atoms with Crippen LogP contribution in [0.5, 0.6) is 5.75 Å². The fraction of sp³-hybridized carbons (Fsp3) is 0.185. The Morgan fingerprint density at radius 2 is 1.89 bits per heavy atom. The molecular weight excluding hydrogens is 496 g/mol. The number of ketones is 1. The maximum atomic E-state index is 13.5. The van der Waals surface area contributed by atoms with E-state index >= 15 is 0 Å². The quantitative estimate of drug-likeness (QED) is 0.263. The first-order chi connectivity index (χ1) is 17.8. The van der Waals surface area contributed by atoms with Crippen molar-refractivity contribution in [2.24, 2.45) is 0 Å². The van der Waals surface area contributed by atoms with Crippen molar-refractivity contribution in [2.75, 3.05) is 18.6 Å². The van der Waals surface area contributed by atoms with Crippen LogP contribution in [0.3, 0.4) is 0 Å². The van der Waals surface area contributed by atoms with E-state index < -0.39 is 29.5 Å². The lowest BCUT2D eigenvalue weighted by molar-refractivity contribution is -0.117. The van der Waals surface area contributed by atoms with Gasteiger partial charge < -0.3 is 19.0 Å². The lowest BCUT2D eigenvalue weighted by Crippen LogP contribution is -2.31. The Hall–Kier alpha value is -4.44. The van der Waals surface area contributed by atoms with Gasteiger partial charge in [0.25, 0.3) is 5.91 Å². The molecular formula is C27H22N2O7S. The van der Waals surface area contributed by atoms with Crippen molar-refractivity contribution in [1.29, 1.82) is 0 Å². The minimum absolute atomic E-state index is 0.00413. The second-order valence-corrected chi connectivity index (χ2v) is 9.26. The Balaban J connectivity index is 1.63. The summed E-state index contributed by atoms with van der Waals surface area (Å²) in [6, 6.07) is 13.8. The van der Waals surface area contributed by atoms with E-state index in [9.17, 15) is 19.5 Å². The highest BCUT2D eigenvalue weighted by Gasteiger charge is 2.46. The van der Waals surface area contributed by atoms with E-state index in [-0.39, 0.29) is 11.3 Å². The molecule has 1 atom stereocenters. The molecule has 0 fully saturated rings. The van der Waals surface area contributed by atoms with E-state index in [1.54, 1.807) is 37.3 Å². The molecule has 0 saturated heterocycles. The highest BCUT2D eigenvalue weighted by molar-refractivity contribution is 7.22. The third-order valence-corrected chi connectivity index (χ3v) is 6.95. The molecule has 37 heavy (non-hydrogen) atoms. The number of thiazole rings is 1. The number of fused-ring (bicyclic) bond motifs is 1. The third-order valence-electron chi connectivity index (χ3n) is 5.93. The van der Waals surface area contributed by atoms with Crippen molar-refractivity contribution >= 4 is 44.3 Å². The van der Waals surface area contributed by atoms with E-state index in [4.69, 9.17) is 13.9 Å². The normalized spacial score (nSPS) is 15.5. The van der Waals surface area contributed by atoms with Gasteiger partial charge in [0.2, 0.25) is 5.78 Å². The lowest BCUT2D eigenvalue weighted by atomic mass is 9.94. The van der Waals surface area contributed by atoms with E-state index in [1.807, 2.05) is 13.0 Å². The second kappa shape index (κ2) is 9.55. The summed E-state index contributed by atoms with van der Waals surface area (Å²) in [6.45, 7) is 4.08. The van der Waals surface area contributed by atoms with Gasteiger partial charge in [0, 0.05) is 0 Å². The molecule has 1 aliphatic rings. The van der Waals surface area contributed by atoms with Crippen LogP contribution in [0.1, 0.15) is 45.2 Å². The number of aromatic nitrogens is 1. The van der Waals surface area contributed by atoms with Crippen LogP contribution in [0, 0.1) is 6.92 Å². The zero-order valence-corrected chi connectivity index (χ0v) is 21.0. The average Bonchev–Trinajstić information content (AvgIpc) is 3.59. The average molecular weight is 519 g/mol. The number of hydrogen-bond donors (Lipinski definition) is 1. The maximum Gasteiger partial charge on any atom is 0.337 e. The van der Waals surface area contributed by atoms with Crippen molar-refractivity contribution in [2.45, 2.75) is 19.9 Å². The lowest BCUT2D eigenvalue weighted by Gasteiger charge is -2.24. The number of carbonyl (C=O) groups excluding carboxylic acids is 3. The number of furan rings is 1. The molecule has 5 rings (SSSR count). The van der Waals surface area contributed by atoms with E-state index in [1.165, 1.54) is 41.5 Å². The number of benzene rings is 2. The van der Waals surface area contributed by atoms with Gasteiger partial charge in [0.1, 0.15) is 11.5 Å². The number of aliphatic hydroxyl groups is 1. The second-order valence-electron chi connectivity index (χ2n) is 8.25. The van der Waals surface area contributed by atoms with Gasteiger partial charge >= 0.3 is 5.97 Å². The molecule has 0 unspecified atom stereocenters. The SMILES string of the molecule is CCOc1ccc2nc(N3C(=O)C(O)=C(C(=O)c4ccc(C)o4)[C@H]3c3ccc(C(=O)OC)cc3)sc2c1. The van der Waals surface area contributed by atoms with Crippen LogP contribution in [-0.2, 0) is 9.53 Å². The first-order valence-corrected chi connectivity index (χ1v) is 12.2. The van der Waals surface area contributed by atoms with Crippen molar-refractivity contribution in [3.8, 4) is 5.75 Å². The summed E-state index contributed by atoms with van der Waals surface area (Å²) in [5.74, 6) is -1.42. The fourth-order valence-corrected chi connectivity index (χ4v) is 5.23. The van der Waals surface area contributed by atoms with Gasteiger partial charge in [-0.25, -0.2) is 9.78 Å².